The lowest BCUT2D eigenvalue weighted by Crippen LogP contribution is -2.18. The summed E-state index contributed by atoms with van der Waals surface area (Å²) in [6.45, 7) is 2.58. The third kappa shape index (κ3) is 3.51. The Morgan fingerprint density at radius 1 is 1.30 bits per heavy atom. The summed E-state index contributed by atoms with van der Waals surface area (Å²) in [4.78, 5) is 4.23. The maximum absolute atomic E-state index is 6.17. The van der Waals surface area contributed by atoms with E-state index in [-0.39, 0.29) is 6.04 Å². The summed E-state index contributed by atoms with van der Waals surface area (Å²) >= 11 is 9.57. The average molecular weight is 356 g/mol. The van der Waals surface area contributed by atoms with Crippen molar-refractivity contribution in [3.63, 3.8) is 0 Å². The molecule has 0 bridgehead atoms. The van der Waals surface area contributed by atoms with E-state index >= 15 is 0 Å². The summed E-state index contributed by atoms with van der Waals surface area (Å²) in [6, 6.07) is 7.94. The van der Waals surface area contributed by atoms with Gasteiger partial charge in [-0.25, -0.2) is 0 Å². The molecule has 0 radical (unpaired) electrons. The van der Waals surface area contributed by atoms with Crippen LogP contribution in [0.2, 0.25) is 5.02 Å². The van der Waals surface area contributed by atoms with Crippen LogP contribution in [0.4, 0.5) is 0 Å². The summed E-state index contributed by atoms with van der Waals surface area (Å²) in [5, 5.41) is 3.97. The Hall–Kier alpha value is -1.10. The first kappa shape index (κ1) is 15.3. The minimum atomic E-state index is 0.0218. The molecule has 0 aliphatic carbocycles. The molecule has 2 rings (SSSR count). The number of aromatic nitrogens is 1. The fourth-order valence-corrected chi connectivity index (χ4v) is 2.49. The van der Waals surface area contributed by atoms with Crippen molar-refractivity contribution in [3.8, 4) is 5.75 Å². The van der Waals surface area contributed by atoms with Gasteiger partial charge in [0.2, 0.25) is 0 Å². The lowest BCUT2D eigenvalue weighted by molar-refractivity contribution is 0.338. The molecule has 20 heavy (non-hydrogen) atoms. The standard InChI is InChI=1S/C15H16BrClN2O/c1-3-20-12-6-11(8-19-9-12)15(18-2)10-4-5-13(16)14(17)7-10/h4-9,15,18H,3H2,1-2H3. The summed E-state index contributed by atoms with van der Waals surface area (Å²) in [5.74, 6) is 0.772. The molecule has 1 N–H and O–H groups in total. The number of hydrogen-bond donors (Lipinski definition) is 1. The zero-order valence-electron chi connectivity index (χ0n) is 11.4. The number of nitrogens with one attached hydrogen (secondary N) is 1. The zero-order valence-corrected chi connectivity index (χ0v) is 13.7. The molecule has 106 valence electrons. The molecule has 5 heteroatoms. The van der Waals surface area contributed by atoms with Crippen molar-refractivity contribution in [2.45, 2.75) is 13.0 Å². The third-order valence-corrected chi connectivity index (χ3v) is 4.18. The third-order valence-electron chi connectivity index (χ3n) is 2.94. The summed E-state index contributed by atoms with van der Waals surface area (Å²) < 4.78 is 6.38. The van der Waals surface area contributed by atoms with Crippen LogP contribution in [-0.2, 0) is 0 Å². The number of benzene rings is 1. The minimum Gasteiger partial charge on any atom is -0.492 e. The summed E-state index contributed by atoms with van der Waals surface area (Å²) in [7, 11) is 1.91. The van der Waals surface area contributed by atoms with E-state index in [0.717, 1.165) is 21.3 Å². The molecule has 0 fully saturated rings. The maximum Gasteiger partial charge on any atom is 0.137 e. The highest BCUT2D eigenvalue weighted by Gasteiger charge is 2.14. The van der Waals surface area contributed by atoms with Crippen LogP contribution in [-0.4, -0.2) is 18.6 Å². The molecule has 0 spiro atoms. The molecule has 2 aromatic rings. The normalized spacial score (nSPS) is 12.2. The molecule has 0 amide bonds. The van der Waals surface area contributed by atoms with E-state index in [4.69, 9.17) is 16.3 Å². The predicted octanol–water partition coefficient (Wildman–Crippen LogP) is 4.21. The van der Waals surface area contributed by atoms with E-state index in [1.54, 1.807) is 6.20 Å². The van der Waals surface area contributed by atoms with Gasteiger partial charge in [-0.3, -0.25) is 4.98 Å². The van der Waals surface area contributed by atoms with E-state index in [2.05, 4.69) is 26.2 Å². The highest BCUT2D eigenvalue weighted by molar-refractivity contribution is 9.10. The van der Waals surface area contributed by atoms with Gasteiger partial charge < -0.3 is 10.1 Å². The van der Waals surface area contributed by atoms with Crippen LogP contribution in [0.15, 0.2) is 41.1 Å². The van der Waals surface area contributed by atoms with E-state index in [1.165, 1.54) is 0 Å². The van der Waals surface area contributed by atoms with Crippen LogP contribution in [0, 0.1) is 0 Å². The second-order valence-electron chi connectivity index (χ2n) is 4.28. The van der Waals surface area contributed by atoms with E-state index in [9.17, 15) is 0 Å². The van der Waals surface area contributed by atoms with Crippen LogP contribution in [0.1, 0.15) is 24.1 Å². The molecule has 1 aromatic carbocycles. The molecule has 0 aliphatic rings. The predicted molar refractivity (Wildman–Crippen MR) is 85.5 cm³/mol. The zero-order chi connectivity index (χ0) is 14.5. The smallest absolute Gasteiger partial charge is 0.137 e. The highest BCUT2D eigenvalue weighted by Crippen LogP contribution is 2.29. The molecular formula is C15H16BrClN2O. The lowest BCUT2D eigenvalue weighted by atomic mass is 10.0. The van der Waals surface area contributed by atoms with Crippen LogP contribution in [0.25, 0.3) is 0 Å². The van der Waals surface area contributed by atoms with Gasteiger partial charge in [0.25, 0.3) is 0 Å². The molecule has 3 nitrogen and oxygen atoms in total. The monoisotopic (exact) mass is 354 g/mol. The van der Waals surface area contributed by atoms with Gasteiger partial charge in [0.05, 0.1) is 23.9 Å². The van der Waals surface area contributed by atoms with Gasteiger partial charge in [-0.15, -0.1) is 0 Å². The first-order chi connectivity index (χ1) is 9.65. The second kappa shape index (κ2) is 7.07. The Labute approximate surface area is 132 Å². The fourth-order valence-electron chi connectivity index (χ4n) is 2.06. The maximum atomic E-state index is 6.17. The Kier molecular flexibility index (Phi) is 5.40. The molecule has 1 atom stereocenters. The quantitative estimate of drug-likeness (QED) is 0.872. The lowest BCUT2D eigenvalue weighted by Gasteiger charge is -2.18. The molecule has 0 aliphatic heterocycles. The van der Waals surface area contributed by atoms with Gasteiger partial charge in [0, 0.05) is 10.7 Å². The average Bonchev–Trinajstić information content (AvgIpc) is 2.44. The van der Waals surface area contributed by atoms with Crippen molar-refractivity contribution < 1.29 is 4.74 Å². The Bertz CT molecular complexity index is 592. The fraction of sp³-hybridized carbons (Fsp3) is 0.267. The molecule has 1 unspecified atom stereocenters. The minimum absolute atomic E-state index is 0.0218. The molecule has 0 saturated carbocycles. The van der Waals surface area contributed by atoms with Gasteiger partial charge in [-0.05, 0) is 59.2 Å². The SMILES string of the molecule is CCOc1cncc(C(NC)c2ccc(Br)c(Cl)c2)c1. The van der Waals surface area contributed by atoms with E-state index < -0.39 is 0 Å². The molecule has 0 saturated heterocycles. The van der Waals surface area contributed by atoms with Crippen LogP contribution in [0.3, 0.4) is 0 Å². The molecular weight excluding hydrogens is 340 g/mol. The van der Waals surface area contributed by atoms with Crippen molar-refractivity contribution in [2.75, 3.05) is 13.7 Å². The van der Waals surface area contributed by atoms with Gasteiger partial charge in [-0.2, -0.15) is 0 Å². The van der Waals surface area contributed by atoms with Crippen molar-refractivity contribution in [1.29, 1.82) is 0 Å². The van der Waals surface area contributed by atoms with Crippen molar-refractivity contribution in [2.24, 2.45) is 0 Å². The van der Waals surface area contributed by atoms with Crippen LogP contribution >= 0.6 is 27.5 Å². The number of nitrogens with zero attached hydrogens (tertiary/aromatic N) is 1. The van der Waals surface area contributed by atoms with Gasteiger partial charge in [0.1, 0.15) is 5.75 Å². The van der Waals surface area contributed by atoms with E-state index in [0.29, 0.717) is 11.6 Å². The van der Waals surface area contributed by atoms with Crippen molar-refractivity contribution in [1.82, 2.24) is 10.3 Å². The second-order valence-corrected chi connectivity index (χ2v) is 5.54. The first-order valence-electron chi connectivity index (χ1n) is 6.35. The summed E-state index contributed by atoms with van der Waals surface area (Å²) in [6.07, 6.45) is 3.55. The largest absolute Gasteiger partial charge is 0.492 e. The topological polar surface area (TPSA) is 34.1 Å². The molecule has 1 heterocycles. The van der Waals surface area contributed by atoms with Crippen molar-refractivity contribution in [3.05, 3.63) is 57.3 Å². The van der Waals surface area contributed by atoms with Gasteiger partial charge >= 0.3 is 0 Å². The van der Waals surface area contributed by atoms with Gasteiger partial charge in [-0.1, -0.05) is 17.7 Å². The van der Waals surface area contributed by atoms with Gasteiger partial charge in [0.15, 0.2) is 0 Å². The van der Waals surface area contributed by atoms with Crippen LogP contribution in [0.5, 0.6) is 5.75 Å². The summed E-state index contributed by atoms with van der Waals surface area (Å²) in [5.41, 5.74) is 2.12. The first-order valence-corrected chi connectivity index (χ1v) is 7.52. The number of hydrogen-bond acceptors (Lipinski definition) is 3. The van der Waals surface area contributed by atoms with Crippen molar-refractivity contribution >= 4 is 27.5 Å². The number of rotatable bonds is 5. The number of ether oxygens (including phenoxy) is 1. The molecule has 1 aromatic heterocycles. The Morgan fingerprint density at radius 2 is 2.10 bits per heavy atom. The van der Waals surface area contributed by atoms with E-state index in [1.807, 2.05) is 44.4 Å². The van der Waals surface area contributed by atoms with Crippen LogP contribution < -0.4 is 10.1 Å². The number of pyridine rings is 1. The number of halogens is 2. The Morgan fingerprint density at radius 3 is 2.75 bits per heavy atom. The Balaban J connectivity index is 2.36. The highest BCUT2D eigenvalue weighted by atomic mass is 79.9.